The number of allylic oxidation sites excluding steroid dienone is 2. The van der Waals surface area contributed by atoms with Crippen LogP contribution in [0.1, 0.15) is 25.7 Å². The van der Waals surface area contributed by atoms with Crippen LogP contribution in [0, 0.1) is 5.92 Å². The largest absolute Gasteiger partial charge is 0.393 e. The van der Waals surface area contributed by atoms with Gasteiger partial charge in [-0.2, -0.15) is 0 Å². The van der Waals surface area contributed by atoms with Crippen LogP contribution >= 0.6 is 0 Å². The summed E-state index contributed by atoms with van der Waals surface area (Å²) >= 11 is 0. The van der Waals surface area contributed by atoms with Crippen LogP contribution < -0.4 is 11.1 Å². The second-order valence-corrected chi connectivity index (χ2v) is 5.14. The second-order valence-electron chi connectivity index (χ2n) is 5.14. The Bertz CT molecular complexity index is 417. The molecule has 0 aliphatic heterocycles. The van der Waals surface area contributed by atoms with Crippen molar-refractivity contribution >= 4 is 5.91 Å². The number of carbonyl (C=O) groups is 1. The van der Waals surface area contributed by atoms with Gasteiger partial charge in [-0.15, -0.1) is 0 Å². The molecule has 106 valence electrons. The number of aliphatic hydroxyl groups excluding tert-OH is 1. The Balaban J connectivity index is 2.12. The molecule has 2 rings (SSSR count). The lowest BCUT2D eigenvalue weighted by Crippen LogP contribution is -2.57. The Morgan fingerprint density at radius 3 is 2.63 bits per heavy atom. The molecule has 0 saturated heterocycles. The van der Waals surface area contributed by atoms with Gasteiger partial charge in [0.05, 0.1) is 6.10 Å². The third-order valence-electron chi connectivity index (χ3n) is 3.74. The number of carbonyl (C=O) groups excluding carboxylic acids is 1. The van der Waals surface area contributed by atoms with E-state index in [9.17, 15) is 18.7 Å². The summed E-state index contributed by atoms with van der Waals surface area (Å²) in [7, 11) is 0. The molecular formula is C13H18F2N2O2. The van der Waals surface area contributed by atoms with Crippen molar-refractivity contribution < 1.29 is 18.7 Å². The molecule has 2 atom stereocenters. The van der Waals surface area contributed by atoms with Crippen LogP contribution in [0.2, 0.25) is 0 Å². The number of primary amides is 1. The van der Waals surface area contributed by atoms with Crippen LogP contribution in [0.4, 0.5) is 8.78 Å². The minimum atomic E-state index is -2.58. The maximum Gasteiger partial charge on any atom is 0.229 e. The van der Waals surface area contributed by atoms with Gasteiger partial charge in [-0.25, -0.2) is 8.78 Å². The number of alkyl halides is 1. The number of hydrogen-bond donors (Lipinski definition) is 3. The summed E-state index contributed by atoms with van der Waals surface area (Å²) in [6.07, 6.45) is 5.30. The van der Waals surface area contributed by atoms with Gasteiger partial charge >= 0.3 is 0 Å². The van der Waals surface area contributed by atoms with E-state index in [0.717, 1.165) is 6.08 Å². The van der Waals surface area contributed by atoms with E-state index in [2.05, 4.69) is 5.32 Å². The van der Waals surface area contributed by atoms with Crippen LogP contribution in [-0.2, 0) is 4.79 Å². The minimum Gasteiger partial charge on any atom is -0.393 e. The summed E-state index contributed by atoms with van der Waals surface area (Å²) in [5.74, 6) is -5.88. The highest BCUT2D eigenvalue weighted by Gasteiger charge is 2.48. The third-order valence-corrected chi connectivity index (χ3v) is 3.74. The average molecular weight is 272 g/mol. The van der Waals surface area contributed by atoms with Gasteiger partial charge in [0, 0.05) is 6.04 Å². The molecule has 0 radical (unpaired) electrons. The zero-order valence-electron chi connectivity index (χ0n) is 10.5. The monoisotopic (exact) mass is 272 g/mol. The molecule has 1 saturated carbocycles. The van der Waals surface area contributed by atoms with Crippen molar-refractivity contribution in [2.24, 2.45) is 11.7 Å². The first-order valence-corrected chi connectivity index (χ1v) is 6.42. The molecule has 1 fully saturated rings. The molecule has 19 heavy (non-hydrogen) atoms. The molecular weight excluding hydrogens is 254 g/mol. The second kappa shape index (κ2) is 5.38. The van der Waals surface area contributed by atoms with Crippen molar-refractivity contribution in [3.63, 3.8) is 0 Å². The molecule has 4 nitrogen and oxygen atoms in total. The number of aliphatic hydroxyl groups is 1. The van der Waals surface area contributed by atoms with E-state index >= 15 is 0 Å². The van der Waals surface area contributed by atoms with Gasteiger partial charge in [-0.05, 0) is 31.8 Å². The maximum absolute atomic E-state index is 14.8. The molecule has 0 spiro atoms. The Morgan fingerprint density at radius 2 is 2.05 bits per heavy atom. The number of rotatable bonds is 3. The quantitative estimate of drug-likeness (QED) is 0.673. The zero-order chi connectivity index (χ0) is 14.0. The van der Waals surface area contributed by atoms with Crippen LogP contribution in [0.3, 0.4) is 0 Å². The highest BCUT2D eigenvalue weighted by molar-refractivity contribution is 5.81. The fourth-order valence-corrected chi connectivity index (χ4v) is 2.62. The molecule has 0 aromatic rings. The van der Waals surface area contributed by atoms with E-state index in [1.807, 2.05) is 0 Å². The zero-order valence-corrected chi connectivity index (χ0v) is 10.5. The number of halogens is 2. The van der Waals surface area contributed by atoms with Gasteiger partial charge < -0.3 is 10.8 Å². The van der Waals surface area contributed by atoms with E-state index in [4.69, 9.17) is 5.73 Å². The van der Waals surface area contributed by atoms with Crippen LogP contribution in [0.15, 0.2) is 24.1 Å². The lowest BCUT2D eigenvalue weighted by molar-refractivity contribution is -0.125. The summed E-state index contributed by atoms with van der Waals surface area (Å²) < 4.78 is 28.6. The first-order valence-electron chi connectivity index (χ1n) is 6.42. The third kappa shape index (κ3) is 2.84. The Kier molecular flexibility index (Phi) is 4.01. The molecule has 0 heterocycles. The Labute approximate surface area is 110 Å². The smallest absolute Gasteiger partial charge is 0.229 e. The lowest BCUT2D eigenvalue weighted by atomic mass is 9.87. The number of hydrogen-bond acceptors (Lipinski definition) is 3. The van der Waals surface area contributed by atoms with Crippen LogP contribution in [0.25, 0.3) is 0 Å². The maximum atomic E-state index is 14.8. The summed E-state index contributed by atoms with van der Waals surface area (Å²) in [6.45, 7) is 0. The van der Waals surface area contributed by atoms with Gasteiger partial charge in [-0.1, -0.05) is 12.2 Å². The van der Waals surface area contributed by atoms with Crippen molar-refractivity contribution in [3.05, 3.63) is 24.1 Å². The van der Waals surface area contributed by atoms with Gasteiger partial charge in [0.2, 0.25) is 11.7 Å². The number of nitrogens with two attached hydrogens (primary N) is 1. The summed E-state index contributed by atoms with van der Waals surface area (Å²) in [6, 6.07) is -0.277. The van der Waals surface area contributed by atoms with Crippen LogP contribution in [-0.4, -0.2) is 29.0 Å². The predicted molar refractivity (Wildman–Crippen MR) is 66.3 cm³/mol. The molecule has 1 amide bonds. The molecule has 6 heteroatoms. The highest BCUT2D eigenvalue weighted by Crippen LogP contribution is 2.35. The van der Waals surface area contributed by atoms with E-state index in [1.165, 1.54) is 12.2 Å². The van der Waals surface area contributed by atoms with Gasteiger partial charge in [0.1, 0.15) is 5.92 Å². The highest BCUT2D eigenvalue weighted by atomic mass is 19.2. The molecule has 2 aliphatic rings. The van der Waals surface area contributed by atoms with Crippen molar-refractivity contribution in [2.45, 2.75) is 43.6 Å². The minimum absolute atomic E-state index is 0.277. The van der Waals surface area contributed by atoms with Crippen molar-refractivity contribution in [1.82, 2.24) is 5.32 Å². The molecule has 2 aliphatic carbocycles. The SMILES string of the molecule is NC(=O)C1C=CC=C(F)C1(F)NC1CCC(O)CC1. The van der Waals surface area contributed by atoms with E-state index in [0.29, 0.717) is 25.7 Å². The van der Waals surface area contributed by atoms with Crippen molar-refractivity contribution in [1.29, 1.82) is 0 Å². The van der Waals surface area contributed by atoms with E-state index < -0.39 is 23.4 Å². The lowest BCUT2D eigenvalue weighted by Gasteiger charge is -2.37. The van der Waals surface area contributed by atoms with Gasteiger partial charge in [0.25, 0.3) is 0 Å². The first kappa shape index (κ1) is 14.1. The van der Waals surface area contributed by atoms with Gasteiger partial charge in [-0.3, -0.25) is 10.1 Å². The molecule has 4 N–H and O–H groups in total. The summed E-state index contributed by atoms with van der Waals surface area (Å²) in [4.78, 5) is 11.3. The topological polar surface area (TPSA) is 75.4 Å². The van der Waals surface area contributed by atoms with E-state index in [-0.39, 0.29) is 12.1 Å². The normalized spacial score (nSPS) is 38.9. The van der Waals surface area contributed by atoms with E-state index in [1.54, 1.807) is 0 Å². The molecule has 0 aromatic heterocycles. The molecule has 0 aromatic carbocycles. The van der Waals surface area contributed by atoms with Gasteiger partial charge in [0.15, 0.2) is 5.83 Å². The molecule has 0 bridgehead atoms. The van der Waals surface area contributed by atoms with Crippen molar-refractivity contribution in [3.8, 4) is 0 Å². The fourth-order valence-electron chi connectivity index (χ4n) is 2.62. The Hall–Kier alpha value is -1.27. The predicted octanol–water partition coefficient (Wildman–Crippen LogP) is 1.07. The number of nitrogens with one attached hydrogen (secondary N) is 1. The number of amides is 1. The Morgan fingerprint density at radius 1 is 1.42 bits per heavy atom. The van der Waals surface area contributed by atoms with Crippen molar-refractivity contribution in [2.75, 3.05) is 0 Å². The molecule has 2 unspecified atom stereocenters. The average Bonchev–Trinajstić information content (AvgIpc) is 2.35. The van der Waals surface area contributed by atoms with Crippen LogP contribution in [0.5, 0.6) is 0 Å². The first-order chi connectivity index (χ1) is 8.93. The summed E-state index contributed by atoms with van der Waals surface area (Å²) in [5.41, 5.74) is 5.13. The fraction of sp³-hybridized carbons (Fsp3) is 0.615. The summed E-state index contributed by atoms with van der Waals surface area (Å²) in [5, 5.41) is 12.0. The standard InChI is InChI=1S/C13H18F2N2O2/c14-11-3-1-2-10(12(16)19)13(11,15)17-8-4-6-9(18)7-5-8/h1-3,8-10,17-18H,4-7H2,(H2,16,19).